The lowest BCUT2D eigenvalue weighted by Gasteiger charge is -2.31. The van der Waals surface area contributed by atoms with Crippen molar-refractivity contribution in [2.75, 3.05) is 6.54 Å². The van der Waals surface area contributed by atoms with E-state index in [2.05, 4.69) is 21.9 Å². The molecule has 1 saturated carbocycles. The molecule has 0 aromatic heterocycles. The number of hydrogen-bond donors (Lipinski definition) is 3. The molecule has 2 aliphatic carbocycles. The van der Waals surface area contributed by atoms with E-state index in [0.717, 1.165) is 43.2 Å². The van der Waals surface area contributed by atoms with Gasteiger partial charge in [-0.15, -0.1) is 6.42 Å². The lowest BCUT2D eigenvalue weighted by Crippen LogP contribution is -2.58. The van der Waals surface area contributed by atoms with Crippen molar-refractivity contribution < 1.29 is 9.59 Å². The molecule has 1 aromatic carbocycles. The Morgan fingerprint density at radius 2 is 2.00 bits per heavy atom. The van der Waals surface area contributed by atoms with E-state index in [1.54, 1.807) is 0 Å². The molecule has 0 aliphatic heterocycles. The summed E-state index contributed by atoms with van der Waals surface area (Å²) in [7, 11) is 0. The highest BCUT2D eigenvalue weighted by atomic mass is 16.2. The molecule has 3 rings (SSSR count). The molecule has 1 aromatic rings. The third-order valence-corrected chi connectivity index (χ3v) is 5.00. The number of fused-ring (bicyclic) bond motifs is 1. The summed E-state index contributed by atoms with van der Waals surface area (Å²) >= 11 is 0. The van der Waals surface area contributed by atoms with E-state index in [1.807, 2.05) is 24.3 Å². The van der Waals surface area contributed by atoms with Gasteiger partial charge in [0.2, 0.25) is 0 Å². The number of urea groups is 1. The first-order chi connectivity index (χ1) is 11.7. The van der Waals surface area contributed by atoms with Crippen molar-refractivity contribution >= 4 is 11.9 Å². The molecular weight excluding hydrogens is 302 g/mol. The first-order valence-electron chi connectivity index (χ1n) is 8.54. The van der Waals surface area contributed by atoms with Gasteiger partial charge in [-0.05, 0) is 36.8 Å². The summed E-state index contributed by atoms with van der Waals surface area (Å²) in [6, 6.07) is 7.60. The van der Waals surface area contributed by atoms with Crippen molar-refractivity contribution in [2.24, 2.45) is 0 Å². The van der Waals surface area contributed by atoms with Gasteiger partial charge in [-0.25, -0.2) is 4.79 Å². The van der Waals surface area contributed by atoms with Crippen molar-refractivity contribution in [3.63, 3.8) is 0 Å². The normalized spacial score (nSPS) is 22.5. The fourth-order valence-corrected chi connectivity index (χ4v) is 3.78. The fourth-order valence-electron chi connectivity index (χ4n) is 3.78. The van der Waals surface area contributed by atoms with Gasteiger partial charge in [0.1, 0.15) is 5.54 Å². The molecule has 5 nitrogen and oxygen atoms in total. The Bertz CT molecular complexity index is 673. The molecule has 1 atom stereocenters. The van der Waals surface area contributed by atoms with Crippen LogP contribution in [-0.4, -0.2) is 24.5 Å². The largest absolute Gasteiger partial charge is 0.351 e. The van der Waals surface area contributed by atoms with E-state index in [1.165, 1.54) is 0 Å². The number of benzene rings is 1. The average Bonchev–Trinajstić information content (AvgIpc) is 3.22. The number of rotatable bonds is 4. The molecule has 126 valence electrons. The minimum atomic E-state index is -1.02. The zero-order valence-electron chi connectivity index (χ0n) is 13.7. The third kappa shape index (κ3) is 3.09. The predicted octanol–water partition coefficient (Wildman–Crippen LogP) is 1.82. The first kappa shape index (κ1) is 16.4. The standard InChI is InChI=1S/C19H23N3O2/c1-2-13-20-18(24)22-19(17(23)21-15-8-4-5-9-15)12-11-14-7-3-6-10-16(14)19/h1,3,6-7,10,15H,4-5,8-9,11-13H2,(H,21,23)(H2,20,22,24)/t19-/m0/s1. The quantitative estimate of drug-likeness (QED) is 0.739. The predicted molar refractivity (Wildman–Crippen MR) is 92.2 cm³/mol. The lowest BCUT2D eigenvalue weighted by atomic mass is 9.90. The average molecular weight is 325 g/mol. The second-order valence-corrected chi connectivity index (χ2v) is 6.53. The minimum Gasteiger partial charge on any atom is -0.351 e. The van der Waals surface area contributed by atoms with Gasteiger partial charge in [-0.2, -0.15) is 0 Å². The molecule has 5 heteroatoms. The van der Waals surface area contributed by atoms with Crippen molar-refractivity contribution in [3.05, 3.63) is 35.4 Å². The number of amides is 3. The van der Waals surface area contributed by atoms with Crippen LogP contribution in [0.3, 0.4) is 0 Å². The maximum atomic E-state index is 13.1. The van der Waals surface area contributed by atoms with Crippen LogP contribution in [0, 0.1) is 12.3 Å². The summed E-state index contributed by atoms with van der Waals surface area (Å²) in [4.78, 5) is 25.3. The number of aryl methyl sites for hydroxylation is 1. The van der Waals surface area contributed by atoms with Gasteiger partial charge in [-0.1, -0.05) is 43.0 Å². The van der Waals surface area contributed by atoms with Crippen LogP contribution in [0.1, 0.15) is 43.2 Å². The number of hydrogen-bond acceptors (Lipinski definition) is 2. The minimum absolute atomic E-state index is 0.116. The molecule has 0 bridgehead atoms. The summed E-state index contributed by atoms with van der Waals surface area (Å²) in [6.45, 7) is 0.133. The molecule has 0 saturated heterocycles. The van der Waals surface area contributed by atoms with Crippen LogP contribution in [0.5, 0.6) is 0 Å². The molecule has 3 amide bonds. The number of carbonyl (C=O) groups excluding carboxylic acids is 2. The van der Waals surface area contributed by atoms with Crippen LogP contribution in [0.25, 0.3) is 0 Å². The van der Waals surface area contributed by atoms with Crippen molar-refractivity contribution in [1.82, 2.24) is 16.0 Å². The highest BCUT2D eigenvalue weighted by Gasteiger charge is 2.47. The van der Waals surface area contributed by atoms with Crippen molar-refractivity contribution in [1.29, 1.82) is 0 Å². The Labute approximate surface area is 142 Å². The SMILES string of the molecule is C#CCNC(=O)N[C@@]1(C(=O)NC2CCCC2)CCc2ccccc21. The molecular formula is C19H23N3O2. The van der Waals surface area contributed by atoms with E-state index in [-0.39, 0.29) is 18.5 Å². The summed E-state index contributed by atoms with van der Waals surface area (Å²) in [5.74, 6) is 2.26. The number of nitrogens with one attached hydrogen (secondary N) is 3. The Morgan fingerprint density at radius 3 is 2.75 bits per heavy atom. The third-order valence-electron chi connectivity index (χ3n) is 5.00. The maximum absolute atomic E-state index is 13.1. The number of terminal acetylenes is 1. The Morgan fingerprint density at radius 1 is 1.25 bits per heavy atom. The summed E-state index contributed by atoms with van der Waals surface area (Å²) in [5.41, 5.74) is 0.977. The molecule has 0 heterocycles. The van der Waals surface area contributed by atoms with Gasteiger partial charge < -0.3 is 16.0 Å². The topological polar surface area (TPSA) is 70.2 Å². The van der Waals surface area contributed by atoms with Gasteiger partial charge in [-0.3, -0.25) is 4.79 Å². The Hall–Kier alpha value is -2.48. The molecule has 2 aliphatic rings. The van der Waals surface area contributed by atoms with Crippen LogP contribution in [0.4, 0.5) is 4.79 Å². The van der Waals surface area contributed by atoms with Gasteiger partial charge in [0.05, 0.1) is 6.54 Å². The highest BCUT2D eigenvalue weighted by molar-refractivity contribution is 5.93. The van der Waals surface area contributed by atoms with Crippen molar-refractivity contribution in [3.8, 4) is 12.3 Å². The molecule has 0 spiro atoms. The second-order valence-electron chi connectivity index (χ2n) is 6.53. The van der Waals surface area contributed by atoms with E-state index in [0.29, 0.717) is 6.42 Å². The Balaban J connectivity index is 1.85. The van der Waals surface area contributed by atoms with Gasteiger partial charge in [0.15, 0.2) is 0 Å². The maximum Gasteiger partial charge on any atom is 0.316 e. The lowest BCUT2D eigenvalue weighted by molar-refractivity contribution is -0.128. The van der Waals surface area contributed by atoms with Crippen molar-refractivity contribution in [2.45, 2.75) is 50.1 Å². The molecule has 24 heavy (non-hydrogen) atoms. The van der Waals surface area contributed by atoms with Gasteiger partial charge in [0.25, 0.3) is 5.91 Å². The van der Waals surface area contributed by atoms with Crippen LogP contribution >= 0.6 is 0 Å². The molecule has 0 unspecified atom stereocenters. The smallest absolute Gasteiger partial charge is 0.316 e. The monoisotopic (exact) mass is 325 g/mol. The fraction of sp³-hybridized carbons (Fsp3) is 0.474. The van der Waals surface area contributed by atoms with E-state index in [4.69, 9.17) is 6.42 Å². The molecule has 1 fully saturated rings. The number of carbonyl (C=O) groups is 2. The van der Waals surface area contributed by atoms with Crippen LogP contribution in [-0.2, 0) is 16.8 Å². The van der Waals surface area contributed by atoms with E-state index < -0.39 is 11.6 Å². The van der Waals surface area contributed by atoms with Gasteiger partial charge >= 0.3 is 6.03 Å². The summed E-state index contributed by atoms with van der Waals surface area (Å²) in [6.07, 6.45) is 10.8. The Kier molecular flexibility index (Phi) is 4.75. The second kappa shape index (κ2) is 6.96. The molecule has 3 N–H and O–H groups in total. The molecule has 0 radical (unpaired) electrons. The van der Waals surface area contributed by atoms with Gasteiger partial charge in [0, 0.05) is 6.04 Å². The highest BCUT2D eigenvalue weighted by Crippen LogP contribution is 2.37. The van der Waals surface area contributed by atoms with E-state index in [9.17, 15) is 9.59 Å². The van der Waals surface area contributed by atoms with Crippen LogP contribution < -0.4 is 16.0 Å². The first-order valence-corrected chi connectivity index (χ1v) is 8.54. The van der Waals surface area contributed by atoms with Crippen LogP contribution in [0.2, 0.25) is 0 Å². The summed E-state index contributed by atoms with van der Waals surface area (Å²) < 4.78 is 0. The van der Waals surface area contributed by atoms with E-state index >= 15 is 0 Å². The zero-order valence-corrected chi connectivity index (χ0v) is 13.7. The van der Waals surface area contributed by atoms with Crippen LogP contribution in [0.15, 0.2) is 24.3 Å². The summed E-state index contributed by atoms with van der Waals surface area (Å²) in [5, 5.41) is 8.64. The zero-order chi connectivity index (χ0) is 17.0.